The first kappa shape index (κ1) is 19.1. The van der Waals surface area contributed by atoms with Crippen molar-refractivity contribution in [2.75, 3.05) is 0 Å². The summed E-state index contributed by atoms with van der Waals surface area (Å²) in [7, 11) is 0. The van der Waals surface area contributed by atoms with Crippen LogP contribution in [0.1, 0.15) is 50.7 Å². The topological polar surface area (TPSA) is 51.2 Å². The summed E-state index contributed by atoms with van der Waals surface area (Å²) in [5.41, 5.74) is 4.97. The molecule has 1 amide bonds. The van der Waals surface area contributed by atoms with E-state index >= 15 is 0 Å². The van der Waals surface area contributed by atoms with Crippen LogP contribution in [0.2, 0.25) is 0 Å². The molecule has 27 heavy (non-hydrogen) atoms. The third-order valence-corrected chi connectivity index (χ3v) is 5.22. The van der Waals surface area contributed by atoms with Gasteiger partial charge in [0, 0.05) is 10.9 Å². The van der Waals surface area contributed by atoms with Gasteiger partial charge in [-0.25, -0.2) is 4.98 Å². The van der Waals surface area contributed by atoms with Crippen molar-refractivity contribution < 1.29 is 9.53 Å². The molecule has 5 heteroatoms. The van der Waals surface area contributed by atoms with Gasteiger partial charge in [0.1, 0.15) is 12.4 Å². The van der Waals surface area contributed by atoms with E-state index in [9.17, 15) is 4.79 Å². The number of hydrogen-bond acceptors (Lipinski definition) is 4. The molecule has 0 saturated heterocycles. The number of nitrogens with zero attached hydrogens (tertiary/aromatic N) is 1. The Morgan fingerprint density at radius 3 is 2.74 bits per heavy atom. The normalized spacial score (nSPS) is 11.9. The Balaban J connectivity index is 1.66. The zero-order valence-electron chi connectivity index (χ0n) is 16.1. The smallest absolute Gasteiger partial charge is 0.251 e. The number of rotatable bonds is 6. The maximum Gasteiger partial charge on any atom is 0.251 e. The van der Waals surface area contributed by atoms with Crippen molar-refractivity contribution in [3.8, 4) is 5.75 Å². The molecule has 140 valence electrons. The van der Waals surface area contributed by atoms with Crippen LogP contribution < -0.4 is 10.1 Å². The van der Waals surface area contributed by atoms with Gasteiger partial charge in [0.2, 0.25) is 0 Å². The van der Waals surface area contributed by atoms with Gasteiger partial charge in [-0.3, -0.25) is 4.79 Å². The quantitative estimate of drug-likeness (QED) is 0.644. The minimum atomic E-state index is -0.113. The largest absolute Gasteiger partial charge is 0.487 e. The number of carbonyl (C=O) groups excluding carboxylic acids is 1. The van der Waals surface area contributed by atoms with Crippen molar-refractivity contribution in [2.24, 2.45) is 0 Å². The first-order valence-electron chi connectivity index (χ1n) is 8.94. The number of carbonyl (C=O) groups is 1. The van der Waals surface area contributed by atoms with Crippen LogP contribution in [0.3, 0.4) is 0 Å². The maximum absolute atomic E-state index is 12.7. The van der Waals surface area contributed by atoms with Crippen LogP contribution in [0.5, 0.6) is 5.75 Å². The number of benzene rings is 2. The molecule has 0 spiro atoms. The molecule has 0 radical (unpaired) electrons. The fourth-order valence-corrected chi connectivity index (χ4v) is 3.54. The minimum Gasteiger partial charge on any atom is -0.487 e. The van der Waals surface area contributed by atoms with Crippen molar-refractivity contribution in [3.63, 3.8) is 0 Å². The summed E-state index contributed by atoms with van der Waals surface area (Å²) in [4.78, 5) is 17.1. The predicted molar refractivity (Wildman–Crippen MR) is 109 cm³/mol. The molecule has 1 atom stereocenters. The van der Waals surface area contributed by atoms with Crippen LogP contribution >= 0.6 is 11.3 Å². The van der Waals surface area contributed by atoms with E-state index < -0.39 is 0 Å². The lowest BCUT2D eigenvalue weighted by molar-refractivity contribution is 0.0939. The van der Waals surface area contributed by atoms with E-state index in [4.69, 9.17) is 4.74 Å². The number of aryl methyl sites for hydroxylation is 3. The maximum atomic E-state index is 12.7. The average molecular weight is 381 g/mol. The van der Waals surface area contributed by atoms with Crippen molar-refractivity contribution in [1.82, 2.24) is 10.3 Å². The van der Waals surface area contributed by atoms with Gasteiger partial charge in [-0.15, -0.1) is 11.3 Å². The monoisotopic (exact) mass is 380 g/mol. The zero-order valence-corrected chi connectivity index (χ0v) is 16.9. The minimum absolute atomic E-state index is 0.0695. The Hall–Kier alpha value is -2.66. The van der Waals surface area contributed by atoms with Crippen LogP contribution in [-0.2, 0) is 6.61 Å². The summed E-state index contributed by atoms with van der Waals surface area (Å²) >= 11 is 1.60. The summed E-state index contributed by atoms with van der Waals surface area (Å²) in [6.45, 7) is 8.49. The Morgan fingerprint density at radius 1 is 1.19 bits per heavy atom. The second-order valence-corrected chi connectivity index (χ2v) is 7.79. The molecule has 1 N–H and O–H groups in total. The van der Waals surface area contributed by atoms with E-state index in [0.29, 0.717) is 17.9 Å². The second kappa shape index (κ2) is 8.35. The van der Waals surface area contributed by atoms with Crippen molar-refractivity contribution in [2.45, 2.75) is 40.3 Å². The highest BCUT2D eigenvalue weighted by atomic mass is 32.1. The SMILES string of the molecule is Cc1ccc(C)c(C(C)NC(=O)c2cccc(OCc3csc(C)n3)c2)c1. The van der Waals surface area contributed by atoms with E-state index in [1.807, 2.05) is 31.4 Å². The Morgan fingerprint density at radius 2 is 2.00 bits per heavy atom. The predicted octanol–water partition coefficient (Wildman–Crippen LogP) is 5.14. The van der Waals surface area contributed by atoms with Crippen LogP contribution in [0, 0.1) is 20.8 Å². The summed E-state index contributed by atoms with van der Waals surface area (Å²) in [6, 6.07) is 13.5. The van der Waals surface area contributed by atoms with Crippen LogP contribution in [-0.4, -0.2) is 10.9 Å². The molecule has 0 aliphatic carbocycles. The number of ether oxygens (including phenoxy) is 1. The van der Waals surface area contributed by atoms with Crippen LogP contribution in [0.25, 0.3) is 0 Å². The zero-order chi connectivity index (χ0) is 19.4. The highest BCUT2D eigenvalue weighted by molar-refractivity contribution is 7.09. The van der Waals surface area contributed by atoms with Gasteiger partial charge in [0.25, 0.3) is 5.91 Å². The first-order chi connectivity index (χ1) is 12.9. The van der Waals surface area contributed by atoms with Gasteiger partial charge in [-0.2, -0.15) is 0 Å². The average Bonchev–Trinajstić information content (AvgIpc) is 3.07. The molecule has 1 unspecified atom stereocenters. The van der Waals surface area contributed by atoms with Crippen molar-refractivity contribution >= 4 is 17.2 Å². The Kier molecular flexibility index (Phi) is 5.91. The Bertz CT molecular complexity index is 949. The van der Waals surface area contributed by atoms with E-state index in [-0.39, 0.29) is 11.9 Å². The molecule has 1 aromatic heterocycles. The standard InChI is InChI=1S/C22H24N2O2S/c1-14-8-9-15(2)21(10-14)16(3)23-22(25)18-6-5-7-20(11-18)26-12-19-13-27-17(4)24-19/h5-11,13,16H,12H2,1-4H3,(H,23,25). The molecule has 0 saturated carbocycles. The summed E-state index contributed by atoms with van der Waals surface area (Å²) in [6.07, 6.45) is 0. The number of amides is 1. The third kappa shape index (κ3) is 4.95. The molecule has 0 bridgehead atoms. The summed E-state index contributed by atoms with van der Waals surface area (Å²) in [5.74, 6) is 0.547. The van der Waals surface area contributed by atoms with Crippen LogP contribution in [0.4, 0.5) is 0 Å². The molecular formula is C22H24N2O2S. The fourth-order valence-electron chi connectivity index (χ4n) is 2.94. The molecule has 3 aromatic rings. The summed E-state index contributed by atoms with van der Waals surface area (Å²) in [5, 5.41) is 6.08. The molecule has 0 fully saturated rings. The molecule has 0 aliphatic rings. The van der Waals surface area contributed by atoms with Gasteiger partial charge in [-0.1, -0.05) is 29.8 Å². The first-order valence-corrected chi connectivity index (χ1v) is 9.82. The Labute approximate surface area is 164 Å². The van der Waals surface area contributed by atoms with Gasteiger partial charge in [0.05, 0.1) is 16.7 Å². The van der Waals surface area contributed by atoms with Crippen molar-refractivity contribution in [1.29, 1.82) is 0 Å². The van der Waals surface area contributed by atoms with Gasteiger partial charge in [0.15, 0.2) is 0 Å². The number of nitrogens with one attached hydrogen (secondary N) is 1. The van der Waals surface area contributed by atoms with E-state index in [0.717, 1.165) is 16.3 Å². The second-order valence-electron chi connectivity index (χ2n) is 6.73. The molecule has 4 nitrogen and oxygen atoms in total. The lowest BCUT2D eigenvalue weighted by Crippen LogP contribution is -2.27. The van der Waals surface area contributed by atoms with Gasteiger partial charge in [-0.05, 0) is 57.0 Å². The molecule has 1 heterocycles. The number of thiazole rings is 1. The van der Waals surface area contributed by atoms with Crippen molar-refractivity contribution in [3.05, 3.63) is 80.8 Å². The lowest BCUT2D eigenvalue weighted by Gasteiger charge is -2.17. The van der Waals surface area contributed by atoms with E-state index in [2.05, 4.69) is 42.3 Å². The lowest BCUT2D eigenvalue weighted by atomic mass is 9.99. The molecule has 0 aliphatic heterocycles. The highest BCUT2D eigenvalue weighted by Crippen LogP contribution is 2.21. The van der Waals surface area contributed by atoms with Gasteiger partial charge >= 0.3 is 0 Å². The van der Waals surface area contributed by atoms with Gasteiger partial charge < -0.3 is 10.1 Å². The third-order valence-electron chi connectivity index (χ3n) is 4.40. The number of hydrogen-bond donors (Lipinski definition) is 1. The van der Waals surface area contributed by atoms with E-state index in [1.54, 1.807) is 23.5 Å². The molecular weight excluding hydrogens is 356 g/mol. The number of aromatic nitrogens is 1. The fraction of sp³-hybridized carbons (Fsp3) is 0.273. The van der Waals surface area contributed by atoms with Crippen LogP contribution in [0.15, 0.2) is 47.8 Å². The molecule has 3 rings (SSSR count). The summed E-state index contributed by atoms with van der Waals surface area (Å²) < 4.78 is 5.78. The highest BCUT2D eigenvalue weighted by Gasteiger charge is 2.14. The van der Waals surface area contributed by atoms with E-state index in [1.165, 1.54) is 11.1 Å². The molecule has 2 aromatic carbocycles.